The van der Waals surface area contributed by atoms with Crippen molar-refractivity contribution in [2.75, 3.05) is 12.0 Å². The number of carbonyl (C=O) groups excluding carboxylic acids is 1. The van der Waals surface area contributed by atoms with Crippen LogP contribution in [0.25, 0.3) is 0 Å². The van der Waals surface area contributed by atoms with Gasteiger partial charge in [0.2, 0.25) is 11.9 Å². The van der Waals surface area contributed by atoms with Gasteiger partial charge in [0.25, 0.3) is 0 Å². The SMILES string of the molecule is COc1ccc([C@H]2C[C@H](c3ccccc3)n3ncnc3N2C(=O)C(C)C)cc1. The molecule has 3 aromatic rings. The number of hydrogen-bond donors (Lipinski definition) is 0. The normalized spacial score (nSPS) is 18.8. The van der Waals surface area contributed by atoms with E-state index in [2.05, 4.69) is 22.2 Å². The van der Waals surface area contributed by atoms with E-state index in [0.717, 1.165) is 23.3 Å². The third-order valence-electron chi connectivity index (χ3n) is 5.24. The fraction of sp³-hybridized carbons (Fsp3) is 0.318. The summed E-state index contributed by atoms with van der Waals surface area (Å²) in [6, 6.07) is 18.1. The monoisotopic (exact) mass is 376 g/mol. The lowest BCUT2D eigenvalue weighted by molar-refractivity contribution is -0.122. The summed E-state index contributed by atoms with van der Waals surface area (Å²) in [6.07, 6.45) is 2.26. The number of anilines is 1. The maximum absolute atomic E-state index is 13.1. The molecule has 0 N–H and O–H groups in total. The van der Waals surface area contributed by atoms with Crippen molar-refractivity contribution in [2.45, 2.75) is 32.4 Å². The van der Waals surface area contributed by atoms with Gasteiger partial charge >= 0.3 is 0 Å². The topological polar surface area (TPSA) is 60.2 Å². The summed E-state index contributed by atoms with van der Waals surface area (Å²) >= 11 is 0. The Hall–Kier alpha value is -3.15. The molecule has 0 saturated heterocycles. The van der Waals surface area contributed by atoms with Gasteiger partial charge in [0.05, 0.1) is 19.2 Å². The Morgan fingerprint density at radius 2 is 1.71 bits per heavy atom. The van der Waals surface area contributed by atoms with Crippen LogP contribution in [0.4, 0.5) is 5.95 Å². The molecule has 1 amide bonds. The summed E-state index contributed by atoms with van der Waals surface area (Å²) in [4.78, 5) is 19.4. The number of hydrogen-bond acceptors (Lipinski definition) is 4. The molecule has 0 radical (unpaired) electrons. The predicted octanol–water partition coefficient (Wildman–Crippen LogP) is 4.01. The number of ether oxygens (including phenoxy) is 1. The first-order valence-electron chi connectivity index (χ1n) is 9.51. The van der Waals surface area contributed by atoms with Crippen LogP contribution in [-0.4, -0.2) is 27.8 Å². The number of benzene rings is 2. The summed E-state index contributed by atoms with van der Waals surface area (Å²) in [5, 5.41) is 4.45. The second kappa shape index (κ2) is 7.46. The van der Waals surface area contributed by atoms with Crippen LogP contribution in [0.3, 0.4) is 0 Å². The average molecular weight is 376 g/mol. The third-order valence-corrected chi connectivity index (χ3v) is 5.24. The summed E-state index contributed by atoms with van der Waals surface area (Å²) in [7, 11) is 1.65. The van der Waals surface area contributed by atoms with Crippen LogP contribution in [0, 0.1) is 5.92 Å². The van der Waals surface area contributed by atoms with E-state index in [1.54, 1.807) is 12.0 Å². The zero-order valence-electron chi connectivity index (χ0n) is 16.3. The van der Waals surface area contributed by atoms with Gasteiger partial charge in [-0.1, -0.05) is 56.3 Å². The molecule has 0 bridgehead atoms. The van der Waals surface area contributed by atoms with E-state index in [1.165, 1.54) is 6.33 Å². The summed E-state index contributed by atoms with van der Waals surface area (Å²) in [5.41, 5.74) is 2.22. The minimum absolute atomic E-state index is 0.0158. The minimum Gasteiger partial charge on any atom is -0.497 e. The molecule has 6 nitrogen and oxygen atoms in total. The second-order valence-electron chi connectivity index (χ2n) is 7.32. The van der Waals surface area contributed by atoms with E-state index >= 15 is 0 Å². The molecule has 1 aliphatic rings. The van der Waals surface area contributed by atoms with Gasteiger partial charge in [-0.25, -0.2) is 4.68 Å². The maximum Gasteiger partial charge on any atom is 0.232 e. The van der Waals surface area contributed by atoms with Gasteiger partial charge in [0.15, 0.2) is 0 Å². The van der Waals surface area contributed by atoms with Crippen molar-refractivity contribution in [2.24, 2.45) is 5.92 Å². The van der Waals surface area contributed by atoms with Gasteiger partial charge in [-0.3, -0.25) is 9.69 Å². The molecule has 144 valence electrons. The lowest BCUT2D eigenvalue weighted by Crippen LogP contribution is -2.44. The highest BCUT2D eigenvalue weighted by Gasteiger charge is 2.39. The van der Waals surface area contributed by atoms with Gasteiger partial charge in [0, 0.05) is 5.92 Å². The van der Waals surface area contributed by atoms with Crippen molar-refractivity contribution < 1.29 is 9.53 Å². The van der Waals surface area contributed by atoms with Crippen molar-refractivity contribution in [1.29, 1.82) is 0 Å². The third kappa shape index (κ3) is 3.15. The van der Waals surface area contributed by atoms with Crippen LogP contribution < -0.4 is 9.64 Å². The summed E-state index contributed by atoms with van der Waals surface area (Å²) in [5.74, 6) is 1.30. The highest BCUT2D eigenvalue weighted by atomic mass is 16.5. The molecule has 2 atom stereocenters. The van der Waals surface area contributed by atoms with Crippen molar-refractivity contribution in [3.63, 3.8) is 0 Å². The van der Waals surface area contributed by atoms with E-state index in [4.69, 9.17) is 4.74 Å². The molecule has 2 aromatic carbocycles. The van der Waals surface area contributed by atoms with Crippen molar-refractivity contribution in [3.05, 3.63) is 72.1 Å². The van der Waals surface area contributed by atoms with E-state index < -0.39 is 0 Å². The highest BCUT2D eigenvalue weighted by Crippen LogP contribution is 2.42. The van der Waals surface area contributed by atoms with Crippen LogP contribution in [0.5, 0.6) is 5.75 Å². The Balaban J connectivity index is 1.83. The molecule has 0 unspecified atom stereocenters. The van der Waals surface area contributed by atoms with Crippen molar-refractivity contribution in [3.8, 4) is 5.75 Å². The van der Waals surface area contributed by atoms with Crippen LogP contribution >= 0.6 is 0 Å². The number of fused-ring (bicyclic) bond motifs is 1. The second-order valence-corrected chi connectivity index (χ2v) is 7.32. The van der Waals surface area contributed by atoms with Crippen LogP contribution in [-0.2, 0) is 4.79 Å². The molecule has 28 heavy (non-hydrogen) atoms. The molecule has 0 aliphatic carbocycles. The zero-order valence-corrected chi connectivity index (χ0v) is 16.3. The molecule has 6 heteroatoms. The molecule has 0 spiro atoms. The molecule has 2 heterocycles. The summed E-state index contributed by atoms with van der Waals surface area (Å²) in [6.45, 7) is 3.83. The summed E-state index contributed by atoms with van der Waals surface area (Å²) < 4.78 is 7.17. The van der Waals surface area contributed by atoms with E-state index in [0.29, 0.717) is 5.95 Å². The number of carbonyl (C=O) groups is 1. The van der Waals surface area contributed by atoms with Gasteiger partial charge in [-0.15, -0.1) is 0 Å². The van der Waals surface area contributed by atoms with Crippen molar-refractivity contribution in [1.82, 2.24) is 14.8 Å². The lowest BCUT2D eigenvalue weighted by Gasteiger charge is -2.39. The highest BCUT2D eigenvalue weighted by molar-refractivity contribution is 5.94. The van der Waals surface area contributed by atoms with Gasteiger partial charge in [-0.2, -0.15) is 10.1 Å². The van der Waals surface area contributed by atoms with Crippen molar-refractivity contribution >= 4 is 11.9 Å². The Bertz CT molecular complexity index is 950. The first-order chi connectivity index (χ1) is 13.6. The standard InChI is InChI=1S/C22H24N4O2/c1-15(2)21(27)25-19(17-9-11-18(28-3)12-10-17)13-20(16-7-5-4-6-8-16)26-22(25)23-14-24-26/h4-12,14-15,19-20H,13H2,1-3H3/t19-,20-/m1/s1. The van der Waals surface area contributed by atoms with Gasteiger partial charge in [-0.05, 0) is 29.7 Å². The predicted molar refractivity (Wildman–Crippen MR) is 107 cm³/mol. The number of nitrogens with zero attached hydrogens (tertiary/aromatic N) is 4. The van der Waals surface area contributed by atoms with E-state index in [1.807, 2.05) is 61.0 Å². The van der Waals surface area contributed by atoms with Gasteiger partial charge in [0.1, 0.15) is 12.1 Å². The Kier molecular flexibility index (Phi) is 4.86. The number of amides is 1. The first kappa shape index (κ1) is 18.2. The van der Waals surface area contributed by atoms with E-state index in [9.17, 15) is 4.79 Å². The molecule has 0 saturated carbocycles. The molecule has 1 aliphatic heterocycles. The van der Waals surface area contributed by atoms with E-state index in [-0.39, 0.29) is 23.9 Å². The fourth-order valence-corrected chi connectivity index (χ4v) is 3.79. The number of aromatic nitrogens is 3. The molecular formula is C22H24N4O2. The Morgan fingerprint density at radius 1 is 1.04 bits per heavy atom. The number of rotatable bonds is 4. The zero-order chi connectivity index (χ0) is 19.7. The minimum atomic E-state index is -0.140. The average Bonchev–Trinajstić information content (AvgIpc) is 3.22. The smallest absolute Gasteiger partial charge is 0.232 e. The Labute approximate surface area is 164 Å². The largest absolute Gasteiger partial charge is 0.497 e. The maximum atomic E-state index is 13.1. The molecular weight excluding hydrogens is 352 g/mol. The molecule has 1 aromatic heterocycles. The first-order valence-corrected chi connectivity index (χ1v) is 9.51. The van der Waals surface area contributed by atoms with Crippen LogP contribution in [0.15, 0.2) is 60.9 Å². The fourth-order valence-electron chi connectivity index (χ4n) is 3.79. The van der Waals surface area contributed by atoms with Crippen LogP contribution in [0.2, 0.25) is 0 Å². The Morgan fingerprint density at radius 3 is 2.36 bits per heavy atom. The molecule has 0 fully saturated rings. The lowest BCUT2D eigenvalue weighted by atomic mass is 9.91. The van der Waals surface area contributed by atoms with Crippen LogP contribution in [0.1, 0.15) is 43.5 Å². The number of methoxy groups -OCH3 is 1. The molecule has 4 rings (SSSR count). The van der Waals surface area contributed by atoms with Gasteiger partial charge < -0.3 is 4.74 Å². The quantitative estimate of drug-likeness (QED) is 0.690.